The van der Waals surface area contributed by atoms with Gasteiger partial charge in [-0.2, -0.15) is 11.8 Å². The van der Waals surface area contributed by atoms with Gasteiger partial charge in [-0.1, -0.05) is 31.2 Å². The highest BCUT2D eigenvalue weighted by molar-refractivity contribution is 8.00. The number of hydrogen-bond donors (Lipinski definition) is 1. The fraction of sp³-hybridized carbons (Fsp3) is 0.684. The SMILES string of the molecule is CCNC(CC1CCCc2ccccc21)C1(C)CCCS1. The number of rotatable bonds is 5. The molecule has 0 aromatic heterocycles. The molecule has 0 radical (unpaired) electrons. The molecule has 0 bridgehead atoms. The Hall–Kier alpha value is -0.470. The first-order valence-electron chi connectivity index (χ1n) is 8.68. The van der Waals surface area contributed by atoms with E-state index in [2.05, 4.69) is 55.2 Å². The minimum Gasteiger partial charge on any atom is -0.313 e. The third kappa shape index (κ3) is 3.32. The van der Waals surface area contributed by atoms with Crippen LogP contribution in [0.5, 0.6) is 0 Å². The van der Waals surface area contributed by atoms with Crippen LogP contribution >= 0.6 is 11.8 Å². The van der Waals surface area contributed by atoms with Crippen LogP contribution in [0.25, 0.3) is 0 Å². The average Bonchev–Trinajstić information content (AvgIpc) is 2.95. The molecule has 2 heteroatoms. The lowest BCUT2D eigenvalue weighted by Gasteiger charge is -2.38. The Morgan fingerprint density at radius 1 is 1.33 bits per heavy atom. The van der Waals surface area contributed by atoms with Crippen molar-refractivity contribution in [3.05, 3.63) is 35.4 Å². The predicted molar refractivity (Wildman–Crippen MR) is 94.3 cm³/mol. The molecule has 1 aromatic rings. The highest BCUT2D eigenvalue weighted by atomic mass is 32.2. The monoisotopic (exact) mass is 303 g/mol. The van der Waals surface area contributed by atoms with Gasteiger partial charge >= 0.3 is 0 Å². The van der Waals surface area contributed by atoms with Crippen molar-refractivity contribution in [3.8, 4) is 0 Å². The topological polar surface area (TPSA) is 12.0 Å². The number of hydrogen-bond acceptors (Lipinski definition) is 2. The van der Waals surface area contributed by atoms with E-state index < -0.39 is 0 Å². The predicted octanol–water partition coefficient (Wildman–Crippen LogP) is 4.76. The summed E-state index contributed by atoms with van der Waals surface area (Å²) < 4.78 is 0.447. The molecule has 1 fully saturated rings. The zero-order valence-electron chi connectivity index (χ0n) is 13.5. The summed E-state index contributed by atoms with van der Waals surface area (Å²) in [6, 6.07) is 9.82. The molecule has 1 heterocycles. The van der Waals surface area contributed by atoms with Gasteiger partial charge in [0.2, 0.25) is 0 Å². The highest BCUT2D eigenvalue weighted by Gasteiger charge is 2.39. The molecule has 3 rings (SSSR count). The largest absolute Gasteiger partial charge is 0.313 e. The molecule has 1 aromatic carbocycles. The lowest BCUT2D eigenvalue weighted by atomic mass is 9.77. The Kier molecular flexibility index (Phi) is 4.96. The van der Waals surface area contributed by atoms with Gasteiger partial charge in [0, 0.05) is 10.8 Å². The Balaban J connectivity index is 1.77. The van der Waals surface area contributed by atoms with Gasteiger partial charge in [0.15, 0.2) is 0 Å². The molecule has 1 aliphatic heterocycles. The normalized spacial score (nSPS) is 30.1. The second-order valence-electron chi connectivity index (χ2n) is 6.90. The molecule has 2 aliphatic rings. The van der Waals surface area contributed by atoms with Crippen LogP contribution in [0.1, 0.15) is 63.0 Å². The van der Waals surface area contributed by atoms with Crippen molar-refractivity contribution in [3.63, 3.8) is 0 Å². The summed E-state index contributed by atoms with van der Waals surface area (Å²) in [5.74, 6) is 2.11. The summed E-state index contributed by atoms with van der Waals surface area (Å²) in [7, 11) is 0. The van der Waals surface area contributed by atoms with Crippen LogP contribution in [0.2, 0.25) is 0 Å². The summed E-state index contributed by atoms with van der Waals surface area (Å²) in [5.41, 5.74) is 3.24. The van der Waals surface area contributed by atoms with Crippen molar-refractivity contribution in [2.75, 3.05) is 12.3 Å². The molecule has 1 saturated heterocycles. The lowest BCUT2D eigenvalue weighted by Crippen LogP contribution is -2.46. The number of fused-ring (bicyclic) bond motifs is 1. The number of aryl methyl sites for hydroxylation is 1. The van der Waals surface area contributed by atoms with Gasteiger partial charge in [-0.05, 0) is 74.8 Å². The highest BCUT2D eigenvalue weighted by Crippen LogP contribution is 2.44. The van der Waals surface area contributed by atoms with Gasteiger partial charge in [0.1, 0.15) is 0 Å². The minimum absolute atomic E-state index is 0.447. The van der Waals surface area contributed by atoms with Crippen molar-refractivity contribution in [2.24, 2.45) is 0 Å². The maximum absolute atomic E-state index is 3.82. The second kappa shape index (κ2) is 6.75. The zero-order valence-corrected chi connectivity index (χ0v) is 14.3. The summed E-state index contributed by atoms with van der Waals surface area (Å²) in [5, 5.41) is 3.82. The molecule has 21 heavy (non-hydrogen) atoms. The second-order valence-corrected chi connectivity index (χ2v) is 8.53. The van der Waals surface area contributed by atoms with Gasteiger partial charge in [0.25, 0.3) is 0 Å². The maximum atomic E-state index is 3.82. The van der Waals surface area contributed by atoms with E-state index in [0.29, 0.717) is 10.8 Å². The Bertz CT molecular complexity index is 464. The summed E-state index contributed by atoms with van der Waals surface area (Å²) >= 11 is 2.20. The lowest BCUT2D eigenvalue weighted by molar-refractivity contribution is 0.348. The number of thioether (sulfide) groups is 1. The fourth-order valence-corrected chi connectivity index (χ4v) is 5.68. The van der Waals surface area contributed by atoms with Crippen LogP contribution in [-0.4, -0.2) is 23.1 Å². The average molecular weight is 304 g/mol. The molecule has 1 aliphatic carbocycles. The first-order chi connectivity index (χ1) is 10.2. The van der Waals surface area contributed by atoms with Crippen molar-refractivity contribution in [2.45, 2.75) is 69.1 Å². The standard InChI is InChI=1S/C19H29NS/c1-3-20-18(19(2)12-7-13-21-19)14-16-10-6-9-15-8-4-5-11-17(15)16/h4-5,8,11,16,18,20H,3,6-7,9-10,12-14H2,1-2H3. The molecule has 0 saturated carbocycles. The van der Waals surface area contributed by atoms with E-state index in [4.69, 9.17) is 0 Å². The van der Waals surface area contributed by atoms with Crippen LogP contribution in [-0.2, 0) is 6.42 Å². The summed E-state index contributed by atoms with van der Waals surface area (Å²) in [4.78, 5) is 0. The van der Waals surface area contributed by atoms with Crippen LogP contribution < -0.4 is 5.32 Å². The van der Waals surface area contributed by atoms with Crippen molar-refractivity contribution in [1.82, 2.24) is 5.32 Å². The van der Waals surface area contributed by atoms with Crippen LogP contribution in [0.15, 0.2) is 24.3 Å². The number of nitrogens with one attached hydrogen (secondary N) is 1. The molecule has 0 amide bonds. The van der Waals surface area contributed by atoms with E-state index in [0.717, 1.165) is 12.5 Å². The van der Waals surface area contributed by atoms with E-state index in [-0.39, 0.29) is 0 Å². The van der Waals surface area contributed by atoms with E-state index in [1.165, 1.54) is 44.3 Å². The third-order valence-electron chi connectivity index (χ3n) is 5.45. The minimum atomic E-state index is 0.447. The smallest absolute Gasteiger partial charge is 0.0285 e. The molecule has 0 spiro atoms. The molecule has 3 atom stereocenters. The molecule has 116 valence electrons. The van der Waals surface area contributed by atoms with Crippen molar-refractivity contribution in [1.29, 1.82) is 0 Å². The maximum Gasteiger partial charge on any atom is 0.0285 e. The molecule has 1 N–H and O–H groups in total. The van der Waals surface area contributed by atoms with E-state index in [9.17, 15) is 0 Å². The fourth-order valence-electron chi connectivity index (χ4n) is 4.25. The Morgan fingerprint density at radius 2 is 2.19 bits per heavy atom. The number of benzene rings is 1. The van der Waals surface area contributed by atoms with Crippen LogP contribution in [0.4, 0.5) is 0 Å². The third-order valence-corrected chi connectivity index (χ3v) is 7.09. The first-order valence-corrected chi connectivity index (χ1v) is 9.66. The summed E-state index contributed by atoms with van der Waals surface area (Å²) in [6.07, 6.45) is 8.11. The Morgan fingerprint density at radius 3 is 2.95 bits per heavy atom. The molecular weight excluding hydrogens is 274 g/mol. The van der Waals surface area contributed by atoms with Gasteiger partial charge in [-0.3, -0.25) is 0 Å². The first kappa shape index (κ1) is 15.4. The van der Waals surface area contributed by atoms with Gasteiger partial charge in [-0.25, -0.2) is 0 Å². The van der Waals surface area contributed by atoms with Gasteiger partial charge < -0.3 is 5.32 Å². The van der Waals surface area contributed by atoms with Crippen LogP contribution in [0, 0.1) is 0 Å². The molecule has 3 unspecified atom stereocenters. The summed E-state index contributed by atoms with van der Waals surface area (Å²) in [6.45, 7) is 5.84. The quantitative estimate of drug-likeness (QED) is 0.841. The van der Waals surface area contributed by atoms with Crippen molar-refractivity contribution >= 4 is 11.8 Å². The van der Waals surface area contributed by atoms with Gasteiger partial charge in [0.05, 0.1) is 0 Å². The zero-order chi connectivity index (χ0) is 14.7. The Labute approximate surface area is 134 Å². The molecule has 1 nitrogen and oxygen atoms in total. The van der Waals surface area contributed by atoms with Crippen LogP contribution in [0.3, 0.4) is 0 Å². The molecular formula is C19H29NS. The van der Waals surface area contributed by atoms with Crippen molar-refractivity contribution < 1.29 is 0 Å². The van der Waals surface area contributed by atoms with E-state index >= 15 is 0 Å². The van der Waals surface area contributed by atoms with E-state index in [1.54, 1.807) is 11.1 Å². The van der Waals surface area contributed by atoms with Gasteiger partial charge in [-0.15, -0.1) is 0 Å². The van der Waals surface area contributed by atoms with E-state index in [1.807, 2.05) is 0 Å².